The number of nitrogens with one attached hydrogen (secondary N) is 1. The highest BCUT2D eigenvalue weighted by Crippen LogP contribution is 2.44. The fraction of sp³-hybridized carbons (Fsp3) is 0.400. The molecule has 2 aromatic carbocycles. The van der Waals surface area contributed by atoms with Crippen molar-refractivity contribution in [3.63, 3.8) is 0 Å². The molecule has 168 valence electrons. The van der Waals surface area contributed by atoms with Gasteiger partial charge in [0.1, 0.15) is 12.6 Å². The number of hydrogen-bond donors (Lipinski definition) is 2. The molecule has 0 spiro atoms. The van der Waals surface area contributed by atoms with Crippen LogP contribution in [0, 0.1) is 11.8 Å². The first kappa shape index (κ1) is 21.9. The molecule has 7 nitrogen and oxygen atoms in total. The van der Waals surface area contributed by atoms with Crippen LogP contribution >= 0.6 is 0 Å². The van der Waals surface area contributed by atoms with E-state index in [1.54, 1.807) is 0 Å². The summed E-state index contributed by atoms with van der Waals surface area (Å²) in [6.07, 6.45) is -0.182. The van der Waals surface area contributed by atoms with Gasteiger partial charge in [-0.25, -0.2) is 4.79 Å². The van der Waals surface area contributed by atoms with Crippen molar-refractivity contribution in [1.29, 1.82) is 0 Å². The average Bonchev–Trinajstić information content (AvgIpc) is 3.04. The van der Waals surface area contributed by atoms with Crippen LogP contribution in [0.5, 0.6) is 0 Å². The number of fused-ring (bicyclic) bond motifs is 3. The Bertz CT molecular complexity index is 983. The van der Waals surface area contributed by atoms with Gasteiger partial charge < -0.3 is 20.1 Å². The Morgan fingerprint density at radius 1 is 1.03 bits per heavy atom. The SMILES string of the molecule is CC(C)C[C@H](NC(=O)OCC1c2ccccc2-c2ccccc21)C(=O)N1CC(C(=O)O)C1. The Hall–Kier alpha value is -3.35. The summed E-state index contributed by atoms with van der Waals surface area (Å²) < 4.78 is 5.58. The lowest BCUT2D eigenvalue weighted by Crippen LogP contribution is -2.59. The van der Waals surface area contributed by atoms with Gasteiger partial charge in [0.2, 0.25) is 5.91 Å². The highest BCUT2D eigenvalue weighted by atomic mass is 16.5. The van der Waals surface area contributed by atoms with Crippen LogP contribution in [0.3, 0.4) is 0 Å². The molecule has 2 aromatic rings. The van der Waals surface area contributed by atoms with E-state index in [0.29, 0.717) is 6.42 Å². The van der Waals surface area contributed by atoms with Gasteiger partial charge in [-0.15, -0.1) is 0 Å². The number of aliphatic carboxylic acids is 1. The maximum absolute atomic E-state index is 12.8. The number of alkyl carbamates (subject to hydrolysis) is 1. The van der Waals surface area contributed by atoms with Crippen molar-refractivity contribution >= 4 is 18.0 Å². The van der Waals surface area contributed by atoms with Crippen LogP contribution in [0.4, 0.5) is 4.79 Å². The highest BCUT2D eigenvalue weighted by molar-refractivity contribution is 5.88. The fourth-order valence-corrected chi connectivity index (χ4v) is 4.51. The van der Waals surface area contributed by atoms with Crippen molar-refractivity contribution in [2.24, 2.45) is 11.8 Å². The third-order valence-electron chi connectivity index (χ3n) is 6.18. The molecule has 1 heterocycles. The number of carboxylic acids is 1. The number of nitrogens with zero attached hydrogens (tertiary/aromatic N) is 1. The minimum Gasteiger partial charge on any atom is -0.481 e. The molecule has 0 radical (unpaired) electrons. The molecule has 1 saturated heterocycles. The minimum atomic E-state index is -0.904. The standard InChI is InChI=1S/C25H28N2O5/c1-15(2)11-22(23(28)27-12-16(13-27)24(29)30)26-25(31)32-14-21-19-9-5-3-7-17(19)18-8-4-6-10-20(18)21/h3-10,15-16,21-22H,11-14H2,1-2H3,(H,26,31)(H,29,30)/t22-/m0/s1. The summed E-state index contributed by atoms with van der Waals surface area (Å²) in [6, 6.07) is 15.5. The Balaban J connectivity index is 1.40. The van der Waals surface area contributed by atoms with E-state index in [9.17, 15) is 14.4 Å². The number of hydrogen-bond acceptors (Lipinski definition) is 4. The van der Waals surface area contributed by atoms with E-state index < -0.39 is 24.0 Å². The van der Waals surface area contributed by atoms with Gasteiger partial charge in [0, 0.05) is 19.0 Å². The molecular weight excluding hydrogens is 408 g/mol. The molecule has 2 N–H and O–H groups in total. The predicted molar refractivity (Wildman–Crippen MR) is 119 cm³/mol. The van der Waals surface area contributed by atoms with Crippen molar-refractivity contribution < 1.29 is 24.2 Å². The number of carbonyl (C=O) groups is 3. The van der Waals surface area contributed by atoms with E-state index in [1.165, 1.54) is 4.90 Å². The molecule has 0 bridgehead atoms. The van der Waals surface area contributed by atoms with Crippen LogP contribution in [-0.4, -0.2) is 53.7 Å². The van der Waals surface area contributed by atoms with E-state index in [1.807, 2.05) is 38.1 Å². The molecule has 2 aliphatic rings. The zero-order valence-corrected chi connectivity index (χ0v) is 18.3. The van der Waals surface area contributed by atoms with Crippen LogP contribution in [0.1, 0.15) is 37.3 Å². The quantitative estimate of drug-likeness (QED) is 0.693. The summed E-state index contributed by atoms with van der Waals surface area (Å²) in [5.41, 5.74) is 4.54. The van der Waals surface area contributed by atoms with Crippen molar-refractivity contribution in [2.45, 2.75) is 32.2 Å². The molecular formula is C25H28N2O5. The van der Waals surface area contributed by atoms with Gasteiger partial charge in [-0.05, 0) is 34.6 Å². The first-order valence-corrected chi connectivity index (χ1v) is 11.0. The van der Waals surface area contributed by atoms with Crippen LogP contribution in [0.2, 0.25) is 0 Å². The van der Waals surface area contributed by atoms with Crippen LogP contribution < -0.4 is 5.32 Å². The summed E-state index contributed by atoms with van der Waals surface area (Å²) in [5.74, 6) is -1.58. The van der Waals surface area contributed by atoms with Crippen LogP contribution in [0.25, 0.3) is 11.1 Å². The second-order valence-corrected chi connectivity index (χ2v) is 8.93. The Kier molecular flexibility index (Phi) is 6.17. The maximum atomic E-state index is 12.8. The lowest BCUT2D eigenvalue weighted by Gasteiger charge is -2.39. The van der Waals surface area contributed by atoms with Gasteiger partial charge >= 0.3 is 12.1 Å². The number of carbonyl (C=O) groups excluding carboxylic acids is 2. The van der Waals surface area contributed by atoms with Crippen LogP contribution in [-0.2, 0) is 14.3 Å². The Morgan fingerprint density at radius 3 is 2.12 bits per heavy atom. The van der Waals surface area contributed by atoms with E-state index in [2.05, 4.69) is 29.6 Å². The summed E-state index contributed by atoms with van der Waals surface area (Å²) in [5, 5.41) is 11.8. The van der Waals surface area contributed by atoms with E-state index in [-0.39, 0.29) is 37.4 Å². The zero-order chi connectivity index (χ0) is 22.8. The summed E-state index contributed by atoms with van der Waals surface area (Å²) in [7, 11) is 0. The monoisotopic (exact) mass is 436 g/mol. The van der Waals surface area contributed by atoms with Gasteiger partial charge in [-0.3, -0.25) is 9.59 Å². The Labute approximate surface area is 187 Å². The largest absolute Gasteiger partial charge is 0.481 e. The van der Waals surface area contributed by atoms with Gasteiger partial charge in [0.25, 0.3) is 0 Å². The lowest BCUT2D eigenvalue weighted by molar-refractivity contribution is -0.153. The van der Waals surface area contributed by atoms with E-state index >= 15 is 0 Å². The fourth-order valence-electron chi connectivity index (χ4n) is 4.51. The molecule has 1 aliphatic heterocycles. The predicted octanol–water partition coefficient (Wildman–Crippen LogP) is 3.48. The highest BCUT2D eigenvalue weighted by Gasteiger charge is 2.39. The molecule has 7 heteroatoms. The zero-order valence-electron chi connectivity index (χ0n) is 18.3. The molecule has 1 fully saturated rings. The minimum absolute atomic E-state index is 0.0564. The number of rotatable bonds is 7. The number of likely N-dealkylation sites (tertiary alicyclic amines) is 1. The summed E-state index contributed by atoms with van der Waals surface area (Å²) in [4.78, 5) is 38.0. The third kappa shape index (κ3) is 4.33. The molecule has 1 atom stereocenters. The van der Waals surface area contributed by atoms with Gasteiger partial charge in [0.05, 0.1) is 5.92 Å². The topological polar surface area (TPSA) is 95.9 Å². The number of amides is 2. The van der Waals surface area contributed by atoms with Crippen molar-refractivity contribution in [3.05, 3.63) is 59.7 Å². The van der Waals surface area contributed by atoms with E-state index in [0.717, 1.165) is 22.3 Å². The smallest absolute Gasteiger partial charge is 0.407 e. The second-order valence-electron chi connectivity index (χ2n) is 8.93. The van der Waals surface area contributed by atoms with E-state index in [4.69, 9.17) is 9.84 Å². The Morgan fingerprint density at radius 2 is 1.59 bits per heavy atom. The molecule has 0 saturated carbocycles. The number of ether oxygens (including phenoxy) is 1. The number of benzene rings is 2. The first-order chi connectivity index (χ1) is 15.3. The molecule has 0 aromatic heterocycles. The summed E-state index contributed by atoms with van der Waals surface area (Å²) in [6.45, 7) is 4.46. The lowest BCUT2D eigenvalue weighted by atomic mass is 9.96. The first-order valence-electron chi connectivity index (χ1n) is 11.0. The molecule has 32 heavy (non-hydrogen) atoms. The van der Waals surface area contributed by atoms with Gasteiger partial charge in [0.15, 0.2) is 0 Å². The second kappa shape index (κ2) is 9.02. The molecule has 2 amide bonds. The number of carboxylic acid groups (broad SMARTS) is 1. The van der Waals surface area contributed by atoms with Crippen molar-refractivity contribution in [3.8, 4) is 11.1 Å². The maximum Gasteiger partial charge on any atom is 0.407 e. The molecule has 1 aliphatic carbocycles. The average molecular weight is 437 g/mol. The summed E-state index contributed by atoms with van der Waals surface area (Å²) >= 11 is 0. The normalized spacial score (nSPS) is 16.2. The molecule has 4 rings (SSSR count). The molecule has 0 unspecified atom stereocenters. The van der Waals surface area contributed by atoms with Crippen LogP contribution in [0.15, 0.2) is 48.5 Å². The van der Waals surface area contributed by atoms with Gasteiger partial charge in [-0.1, -0.05) is 62.4 Å². The third-order valence-corrected chi connectivity index (χ3v) is 6.18. The van der Waals surface area contributed by atoms with Crippen molar-refractivity contribution in [1.82, 2.24) is 10.2 Å². The van der Waals surface area contributed by atoms with Gasteiger partial charge in [-0.2, -0.15) is 0 Å². The van der Waals surface area contributed by atoms with Crippen molar-refractivity contribution in [2.75, 3.05) is 19.7 Å².